The van der Waals surface area contributed by atoms with E-state index in [4.69, 9.17) is 0 Å². The molecule has 0 atom stereocenters. The molecule has 0 aliphatic heterocycles. The molecular weight excluding hydrogens is 84.9 g/mol. The standard InChI is InChI=1S/C5H12BN/c1-3-4-7-5-6-2/h3-4,6-7H,5H2,1-2H3. The molecule has 0 heterocycles. The van der Waals surface area contributed by atoms with Crippen molar-refractivity contribution in [3.63, 3.8) is 0 Å². The summed E-state index contributed by atoms with van der Waals surface area (Å²) in [6, 6.07) is 0. The molecule has 0 aliphatic carbocycles. The van der Waals surface area contributed by atoms with Crippen LogP contribution in [0.15, 0.2) is 12.3 Å². The van der Waals surface area contributed by atoms with Gasteiger partial charge in [0.2, 0.25) is 0 Å². The first-order valence-corrected chi connectivity index (χ1v) is 2.76. The number of rotatable bonds is 3. The van der Waals surface area contributed by atoms with Gasteiger partial charge in [-0.25, -0.2) is 0 Å². The van der Waals surface area contributed by atoms with Crippen LogP contribution >= 0.6 is 0 Å². The van der Waals surface area contributed by atoms with Crippen LogP contribution < -0.4 is 5.32 Å². The summed E-state index contributed by atoms with van der Waals surface area (Å²) in [4.78, 5) is 0. The Hall–Kier alpha value is -0.395. The van der Waals surface area contributed by atoms with Gasteiger partial charge in [-0.2, -0.15) is 0 Å². The maximum absolute atomic E-state index is 3.10. The van der Waals surface area contributed by atoms with Crippen LogP contribution in [0, 0.1) is 0 Å². The third-order valence-corrected chi connectivity index (χ3v) is 0.679. The maximum Gasteiger partial charge on any atom is 0.141 e. The zero-order valence-corrected chi connectivity index (χ0v) is 5.07. The second-order valence-electron chi connectivity index (χ2n) is 1.45. The summed E-state index contributed by atoms with van der Waals surface area (Å²) in [6.45, 7) is 4.15. The van der Waals surface area contributed by atoms with E-state index >= 15 is 0 Å². The van der Waals surface area contributed by atoms with E-state index in [0.29, 0.717) is 0 Å². The van der Waals surface area contributed by atoms with Gasteiger partial charge in [0.15, 0.2) is 0 Å². The Labute approximate surface area is 46.0 Å². The summed E-state index contributed by atoms with van der Waals surface area (Å²) in [5.41, 5.74) is 0. The molecule has 0 rings (SSSR count). The average Bonchev–Trinajstić information content (AvgIpc) is 1.69. The Morgan fingerprint density at radius 2 is 2.43 bits per heavy atom. The molecule has 1 N–H and O–H groups in total. The van der Waals surface area contributed by atoms with Gasteiger partial charge in [0.25, 0.3) is 0 Å². The minimum atomic E-state index is 1.09. The van der Waals surface area contributed by atoms with Gasteiger partial charge in [-0.1, -0.05) is 12.9 Å². The van der Waals surface area contributed by atoms with Crippen molar-refractivity contribution in [3.8, 4) is 0 Å². The smallest absolute Gasteiger partial charge is 0.141 e. The fourth-order valence-corrected chi connectivity index (χ4v) is 0.346. The van der Waals surface area contributed by atoms with E-state index in [1.807, 2.05) is 19.2 Å². The first kappa shape index (κ1) is 6.60. The number of hydrogen-bond donors (Lipinski definition) is 1. The molecule has 40 valence electrons. The summed E-state index contributed by atoms with van der Waals surface area (Å²) < 4.78 is 0. The van der Waals surface area contributed by atoms with E-state index in [2.05, 4.69) is 12.1 Å². The molecule has 7 heavy (non-hydrogen) atoms. The third kappa shape index (κ3) is 5.60. The van der Waals surface area contributed by atoms with Gasteiger partial charge in [-0.15, -0.1) is 0 Å². The van der Waals surface area contributed by atoms with Crippen LogP contribution in [0.3, 0.4) is 0 Å². The lowest BCUT2D eigenvalue weighted by molar-refractivity contribution is 1.04. The molecule has 0 saturated carbocycles. The van der Waals surface area contributed by atoms with Gasteiger partial charge in [-0.3, -0.25) is 0 Å². The lowest BCUT2D eigenvalue weighted by atomic mass is 9.83. The highest BCUT2D eigenvalue weighted by molar-refractivity contribution is 6.33. The molecule has 2 heteroatoms. The summed E-state index contributed by atoms with van der Waals surface area (Å²) in [7, 11) is 1.20. The van der Waals surface area contributed by atoms with E-state index in [1.54, 1.807) is 0 Å². The molecule has 1 nitrogen and oxygen atoms in total. The quantitative estimate of drug-likeness (QED) is 0.400. The van der Waals surface area contributed by atoms with E-state index in [0.717, 1.165) is 6.44 Å². The van der Waals surface area contributed by atoms with Gasteiger partial charge < -0.3 is 5.32 Å². The Balaban J connectivity index is 2.69. The lowest BCUT2D eigenvalue weighted by Crippen LogP contribution is -2.10. The normalized spacial score (nSPS) is 9.43. The fraction of sp³-hybridized carbons (Fsp3) is 0.600. The fourth-order valence-electron chi connectivity index (χ4n) is 0.346. The SMILES string of the molecule is CBCNC=CC. The van der Waals surface area contributed by atoms with Crippen molar-refractivity contribution in [2.45, 2.75) is 13.7 Å². The number of hydrogen-bond acceptors (Lipinski definition) is 1. The van der Waals surface area contributed by atoms with Crippen LogP contribution in [0.5, 0.6) is 0 Å². The van der Waals surface area contributed by atoms with Crippen LogP contribution in [0.4, 0.5) is 0 Å². The highest BCUT2D eigenvalue weighted by Crippen LogP contribution is 1.60. The van der Waals surface area contributed by atoms with Crippen LogP contribution in [0.2, 0.25) is 6.82 Å². The molecule has 0 radical (unpaired) electrons. The summed E-state index contributed by atoms with van der Waals surface area (Å²) in [5.74, 6) is 0. The van der Waals surface area contributed by atoms with Crippen LogP contribution in [0.1, 0.15) is 6.92 Å². The summed E-state index contributed by atoms with van der Waals surface area (Å²) in [6.07, 6.45) is 5.05. The van der Waals surface area contributed by atoms with E-state index < -0.39 is 0 Å². The summed E-state index contributed by atoms with van der Waals surface area (Å²) >= 11 is 0. The second kappa shape index (κ2) is 5.60. The molecule has 0 aromatic rings. The molecule has 0 aromatic heterocycles. The van der Waals surface area contributed by atoms with Gasteiger partial charge in [0, 0.05) is 0 Å². The van der Waals surface area contributed by atoms with E-state index in [1.165, 1.54) is 7.28 Å². The Bertz CT molecular complexity index is 52.0. The van der Waals surface area contributed by atoms with Crippen LogP contribution in [0.25, 0.3) is 0 Å². The van der Waals surface area contributed by atoms with Crippen molar-refractivity contribution >= 4 is 7.28 Å². The molecule has 0 amide bonds. The average molecular weight is 97.0 g/mol. The molecule has 0 fully saturated rings. The second-order valence-corrected chi connectivity index (χ2v) is 1.45. The molecule has 0 unspecified atom stereocenters. The number of nitrogens with one attached hydrogen (secondary N) is 1. The van der Waals surface area contributed by atoms with Crippen LogP contribution in [-0.2, 0) is 0 Å². The first-order chi connectivity index (χ1) is 3.41. The first-order valence-electron chi connectivity index (χ1n) is 2.76. The van der Waals surface area contributed by atoms with E-state index in [-0.39, 0.29) is 0 Å². The minimum absolute atomic E-state index is 1.09. The lowest BCUT2D eigenvalue weighted by Gasteiger charge is -1.89. The van der Waals surface area contributed by atoms with Gasteiger partial charge >= 0.3 is 0 Å². The van der Waals surface area contributed by atoms with E-state index in [9.17, 15) is 0 Å². The molecular formula is C5H12BN. The topological polar surface area (TPSA) is 12.0 Å². The Morgan fingerprint density at radius 1 is 1.71 bits per heavy atom. The van der Waals surface area contributed by atoms with Crippen molar-refractivity contribution in [1.82, 2.24) is 5.32 Å². The molecule has 0 aromatic carbocycles. The Kier molecular flexibility index (Phi) is 5.29. The van der Waals surface area contributed by atoms with Crippen molar-refractivity contribution in [2.24, 2.45) is 0 Å². The predicted molar refractivity (Wildman–Crippen MR) is 35.8 cm³/mol. The van der Waals surface area contributed by atoms with Gasteiger partial charge in [0.1, 0.15) is 7.28 Å². The maximum atomic E-state index is 3.10. The highest BCUT2D eigenvalue weighted by atomic mass is 14.8. The van der Waals surface area contributed by atoms with Crippen molar-refractivity contribution in [1.29, 1.82) is 0 Å². The third-order valence-electron chi connectivity index (χ3n) is 0.679. The Morgan fingerprint density at radius 3 is 2.86 bits per heavy atom. The van der Waals surface area contributed by atoms with Gasteiger partial charge in [-0.05, 0) is 19.6 Å². The highest BCUT2D eigenvalue weighted by Gasteiger charge is 1.72. The van der Waals surface area contributed by atoms with Crippen LogP contribution in [-0.4, -0.2) is 13.7 Å². The zero-order chi connectivity index (χ0) is 5.54. The summed E-state index contributed by atoms with van der Waals surface area (Å²) in [5, 5.41) is 3.10. The predicted octanol–water partition coefficient (Wildman–Crippen LogP) is 0.552. The van der Waals surface area contributed by atoms with Crippen molar-refractivity contribution in [2.75, 3.05) is 6.44 Å². The van der Waals surface area contributed by atoms with Crippen molar-refractivity contribution < 1.29 is 0 Å². The zero-order valence-electron chi connectivity index (χ0n) is 5.07. The molecule has 0 aliphatic rings. The molecule has 0 saturated heterocycles. The number of allylic oxidation sites excluding steroid dienone is 1. The monoisotopic (exact) mass is 97.1 g/mol. The van der Waals surface area contributed by atoms with Gasteiger partial charge in [0.05, 0.1) is 0 Å². The molecule has 0 bridgehead atoms. The largest absolute Gasteiger partial charge is 0.399 e. The minimum Gasteiger partial charge on any atom is -0.399 e. The molecule has 0 spiro atoms. The van der Waals surface area contributed by atoms with Crippen molar-refractivity contribution in [3.05, 3.63) is 12.3 Å².